The van der Waals surface area contributed by atoms with Gasteiger partial charge in [-0.05, 0) is 31.6 Å². The minimum atomic E-state index is 0.460. The van der Waals surface area contributed by atoms with Gasteiger partial charge in [-0.3, -0.25) is 0 Å². The lowest BCUT2D eigenvalue weighted by Crippen LogP contribution is -2.24. The van der Waals surface area contributed by atoms with Crippen molar-refractivity contribution in [3.63, 3.8) is 0 Å². The number of hydrogen-bond donors (Lipinski definition) is 1. The molecule has 0 aromatic carbocycles. The number of nitrogens with zero attached hydrogens (tertiary/aromatic N) is 2. The van der Waals surface area contributed by atoms with Gasteiger partial charge < -0.3 is 14.6 Å². The van der Waals surface area contributed by atoms with Crippen LogP contribution in [0.25, 0.3) is 0 Å². The maximum Gasteiger partial charge on any atom is 0.202 e. The van der Waals surface area contributed by atoms with Crippen LogP contribution < -0.4 is 5.32 Å². The largest absolute Gasteiger partial charge is 0.382 e. The van der Waals surface area contributed by atoms with Crippen molar-refractivity contribution < 1.29 is 4.74 Å². The van der Waals surface area contributed by atoms with Gasteiger partial charge in [0.15, 0.2) is 0 Å². The van der Waals surface area contributed by atoms with E-state index in [0.717, 1.165) is 38.7 Å². The zero-order valence-electron chi connectivity index (χ0n) is 12.3. The summed E-state index contributed by atoms with van der Waals surface area (Å²) in [7, 11) is 0. The molecule has 0 radical (unpaired) electrons. The molecule has 1 N–H and O–H groups in total. The quantitative estimate of drug-likeness (QED) is 0.733. The van der Waals surface area contributed by atoms with E-state index in [1.54, 1.807) is 0 Å². The molecule has 108 valence electrons. The average Bonchev–Trinajstić information content (AvgIpc) is 3.02. The van der Waals surface area contributed by atoms with Crippen LogP contribution in [-0.2, 0) is 11.3 Å². The molecule has 1 saturated carbocycles. The molecule has 0 amide bonds. The summed E-state index contributed by atoms with van der Waals surface area (Å²) >= 11 is 0. The van der Waals surface area contributed by atoms with Crippen molar-refractivity contribution in [1.82, 2.24) is 9.55 Å². The van der Waals surface area contributed by atoms with E-state index >= 15 is 0 Å². The third-order valence-electron chi connectivity index (χ3n) is 4.09. The van der Waals surface area contributed by atoms with Crippen molar-refractivity contribution in [3.05, 3.63) is 12.4 Å². The number of hydrogen-bond acceptors (Lipinski definition) is 3. The van der Waals surface area contributed by atoms with Gasteiger partial charge in [-0.25, -0.2) is 4.98 Å². The van der Waals surface area contributed by atoms with Gasteiger partial charge >= 0.3 is 0 Å². The van der Waals surface area contributed by atoms with Gasteiger partial charge in [-0.15, -0.1) is 0 Å². The fourth-order valence-corrected chi connectivity index (χ4v) is 2.84. The Morgan fingerprint density at radius 1 is 1.42 bits per heavy atom. The molecular weight excluding hydrogens is 238 g/mol. The molecule has 19 heavy (non-hydrogen) atoms. The molecule has 0 aliphatic heterocycles. The van der Waals surface area contributed by atoms with Crippen LogP contribution in [0.1, 0.15) is 46.0 Å². The lowest BCUT2D eigenvalue weighted by atomic mass is 9.89. The van der Waals surface area contributed by atoms with Crippen LogP contribution in [0, 0.1) is 5.41 Å². The van der Waals surface area contributed by atoms with E-state index in [0.29, 0.717) is 5.41 Å². The van der Waals surface area contributed by atoms with Crippen molar-refractivity contribution in [1.29, 1.82) is 0 Å². The van der Waals surface area contributed by atoms with Gasteiger partial charge in [0.05, 0.1) is 0 Å². The van der Waals surface area contributed by atoms with Gasteiger partial charge in [0.25, 0.3) is 0 Å². The van der Waals surface area contributed by atoms with Crippen LogP contribution in [0.2, 0.25) is 0 Å². The van der Waals surface area contributed by atoms with E-state index in [1.165, 1.54) is 25.7 Å². The average molecular weight is 265 g/mol. The zero-order valence-corrected chi connectivity index (χ0v) is 12.3. The fraction of sp³-hybridized carbons (Fsp3) is 0.800. The highest BCUT2D eigenvalue weighted by molar-refractivity contribution is 5.26. The van der Waals surface area contributed by atoms with Crippen molar-refractivity contribution >= 4 is 5.95 Å². The van der Waals surface area contributed by atoms with Crippen molar-refractivity contribution in [2.75, 3.05) is 25.1 Å². The first-order valence-corrected chi connectivity index (χ1v) is 7.56. The predicted octanol–water partition coefficient (Wildman–Crippen LogP) is 3.30. The lowest BCUT2D eigenvalue weighted by Gasteiger charge is -2.24. The molecule has 1 aliphatic rings. The van der Waals surface area contributed by atoms with Gasteiger partial charge in [-0.1, -0.05) is 19.8 Å². The molecule has 2 rings (SSSR count). The first-order valence-electron chi connectivity index (χ1n) is 7.56. The summed E-state index contributed by atoms with van der Waals surface area (Å²) in [5.74, 6) is 1.00. The molecule has 4 heteroatoms. The molecule has 1 heterocycles. The summed E-state index contributed by atoms with van der Waals surface area (Å²) in [6, 6.07) is 0. The highest BCUT2D eigenvalue weighted by Gasteiger charge is 2.28. The van der Waals surface area contributed by atoms with Crippen molar-refractivity contribution in [2.45, 2.75) is 52.5 Å². The fourth-order valence-electron chi connectivity index (χ4n) is 2.84. The Bertz CT molecular complexity index is 369. The van der Waals surface area contributed by atoms with E-state index in [-0.39, 0.29) is 0 Å². The molecule has 1 aliphatic carbocycles. The van der Waals surface area contributed by atoms with E-state index in [9.17, 15) is 0 Å². The first kappa shape index (κ1) is 14.4. The summed E-state index contributed by atoms with van der Waals surface area (Å²) in [5.41, 5.74) is 0.460. The molecule has 1 aromatic rings. The second-order valence-corrected chi connectivity index (χ2v) is 5.87. The standard InChI is InChI=1S/C15H27N3O/c1-3-19-12-6-10-18-11-9-16-14(18)17-13-15(2)7-4-5-8-15/h9,11H,3-8,10,12-13H2,1-2H3,(H,16,17). The van der Waals surface area contributed by atoms with Gasteiger partial charge in [-0.2, -0.15) is 0 Å². The molecule has 0 spiro atoms. The maximum absolute atomic E-state index is 5.37. The van der Waals surface area contributed by atoms with Gasteiger partial charge in [0, 0.05) is 38.7 Å². The lowest BCUT2D eigenvalue weighted by molar-refractivity contribution is 0.142. The summed E-state index contributed by atoms with van der Waals surface area (Å²) < 4.78 is 7.57. The summed E-state index contributed by atoms with van der Waals surface area (Å²) in [6.07, 6.45) is 10.4. The van der Waals surface area contributed by atoms with Gasteiger partial charge in [0.1, 0.15) is 0 Å². The number of imidazole rings is 1. The van der Waals surface area contributed by atoms with Gasteiger partial charge in [0.2, 0.25) is 5.95 Å². The first-order chi connectivity index (χ1) is 9.23. The number of nitrogens with one attached hydrogen (secondary N) is 1. The van der Waals surface area contributed by atoms with E-state index in [2.05, 4.69) is 21.8 Å². The van der Waals surface area contributed by atoms with Crippen LogP contribution in [0.5, 0.6) is 0 Å². The molecule has 0 atom stereocenters. The Morgan fingerprint density at radius 2 is 2.21 bits per heavy atom. The Labute approximate surface area is 116 Å². The minimum absolute atomic E-state index is 0.460. The predicted molar refractivity (Wildman–Crippen MR) is 78.4 cm³/mol. The molecule has 0 unspecified atom stereocenters. The van der Waals surface area contributed by atoms with Crippen LogP contribution >= 0.6 is 0 Å². The third kappa shape index (κ3) is 4.23. The highest BCUT2D eigenvalue weighted by Crippen LogP contribution is 2.37. The molecule has 0 bridgehead atoms. The van der Waals surface area contributed by atoms with Crippen molar-refractivity contribution in [2.24, 2.45) is 5.41 Å². The van der Waals surface area contributed by atoms with Crippen LogP contribution in [0.4, 0.5) is 5.95 Å². The molecular formula is C15H27N3O. The summed E-state index contributed by atoms with van der Waals surface area (Å²) in [4.78, 5) is 4.42. The highest BCUT2D eigenvalue weighted by atomic mass is 16.5. The van der Waals surface area contributed by atoms with Crippen LogP contribution in [0.3, 0.4) is 0 Å². The Balaban J connectivity index is 1.78. The summed E-state index contributed by atoms with van der Waals surface area (Å²) in [6.45, 7) is 8.05. The molecule has 1 aromatic heterocycles. The third-order valence-corrected chi connectivity index (χ3v) is 4.09. The monoisotopic (exact) mass is 265 g/mol. The minimum Gasteiger partial charge on any atom is -0.382 e. The second kappa shape index (κ2) is 6.94. The number of aryl methyl sites for hydroxylation is 1. The van der Waals surface area contributed by atoms with Crippen LogP contribution in [0.15, 0.2) is 12.4 Å². The smallest absolute Gasteiger partial charge is 0.202 e. The number of aromatic nitrogens is 2. The number of ether oxygens (including phenoxy) is 1. The van der Waals surface area contributed by atoms with E-state index in [4.69, 9.17) is 4.74 Å². The van der Waals surface area contributed by atoms with E-state index < -0.39 is 0 Å². The molecule has 0 saturated heterocycles. The SMILES string of the molecule is CCOCCCn1ccnc1NCC1(C)CCCC1. The number of anilines is 1. The Kier molecular flexibility index (Phi) is 5.25. The maximum atomic E-state index is 5.37. The van der Waals surface area contributed by atoms with Crippen LogP contribution in [-0.4, -0.2) is 29.3 Å². The second-order valence-electron chi connectivity index (χ2n) is 5.87. The van der Waals surface area contributed by atoms with E-state index in [1.807, 2.05) is 19.3 Å². The zero-order chi connectivity index (χ0) is 13.6. The summed E-state index contributed by atoms with van der Waals surface area (Å²) in [5, 5.41) is 3.53. The number of rotatable bonds is 8. The molecule has 1 fully saturated rings. The Morgan fingerprint density at radius 3 is 2.95 bits per heavy atom. The molecule has 4 nitrogen and oxygen atoms in total. The normalized spacial score (nSPS) is 17.8. The topological polar surface area (TPSA) is 39.1 Å². The van der Waals surface area contributed by atoms with Crippen molar-refractivity contribution in [3.8, 4) is 0 Å². The Hall–Kier alpha value is -1.03.